The zero-order valence-electron chi connectivity index (χ0n) is 15.5. The van der Waals surface area contributed by atoms with Crippen LogP contribution in [0.5, 0.6) is 0 Å². The number of rotatable bonds is 6. The van der Waals surface area contributed by atoms with Gasteiger partial charge in [-0.05, 0) is 24.5 Å². The SMILES string of the molecule is Cc1ccc(S(=O)(=O)CNC(=O)[C@@H](N[C@H]2CCOC2=O)C(C)(C)C)cc1. The minimum absolute atomic E-state index is 0.156. The van der Waals surface area contributed by atoms with Crippen molar-refractivity contribution in [1.29, 1.82) is 0 Å². The summed E-state index contributed by atoms with van der Waals surface area (Å²) in [5.74, 6) is -1.36. The van der Waals surface area contributed by atoms with E-state index in [-0.39, 0.29) is 10.9 Å². The van der Waals surface area contributed by atoms with Crippen LogP contribution in [0.1, 0.15) is 32.8 Å². The highest BCUT2D eigenvalue weighted by molar-refractivity contribution is 7.91. The lowest BCUT2D eigenvalue weighted by Crippen LogP contribution is -2.56. The maximum absolute atomic E-state index is 12.6. The first-order valence-electron chi connectivity index (χ1n) is 8.50. The summed E-state index contributed by atoms with van der Waals surface area (Å²) < 4.78 is 29.7. The second-order valence-corrected chi connectivity index (χ2v) is 9.58. The molecule has 2 atom stereocenters. The van der Waals surface area contributed by atoms with Gasteiger partial charge in [0, 0.05) is 6.42 Å². The van der Waals surface area contributed by atoms with Crippen molar-refractivity contribution in [1.82, 2.24) is 10.6 Å². The number of hydrogen-bond acceptors (Lipinski definition) is 6. The molecule has 0 bridgehead atoms. The molecule has 0 radical (unpaired) electrons. The molecule has 1 aromatic rings. The number of amides is 1. The Balaban J connectivity index is 2.06. The third-order valence-electron chi connectivity index (χ3n) is 4.25. The minimum Gasteiger partial charge on any atom is -0.464 e. The first-order valence-corrected chi connectivity index (χ1v) is 10.2. The van der Waals surface area contributed by atoms with E-state index in [1.807, 2.05) is 27.7 Å². The van der Waals surface area contributed by atoms with Crippen molar-refractivity contribution in [2.24, 2.45) is 5.41 Å². The first kappa shape index (κ1) is 20.4. The van der Waals surface area contributed by atoms with Gasteiger partial charge in [-0.3, -0.25) is 14.9 Å². The topological polar surface area (TPSA) is 102 Å². The Labute approximate surface area is 154 Å². The van der Waals surface area contributed by atoms with Crippen molar-refractivity contribution in [2.75, 3.05) is 12.5 Å². The zero-order chi connectivity index (χ0) is 19.5. The van der Waals surface area contributed by atoms with E-state index in [9.17, 15) is 18.0 Å². The Kier molecular flexibility index (Phi) is 6.08. The molecule has 1 amide bonds. The van der Waals surface area contributed by atoms with Gasteiger partial charge < -0.3 is 10.1 Å². The van der Waals surface area contributed by atoms with Crippen LogP contribution in [0.15, 0.2) is 29.2 Å². The standard InChI is InChI=1S/C18H26N2O5S/c1-12-5-7-13(8-6-12)26(23,24)11-19-16(21)15(18(2,3)4)20-14-9-10-25-17(14)22/h5-8,14-15,20H,9-11H2,1-4H3,(H,19,21)/t14-,15+/m0/s1. The van der Waals surface area contributed by atoms with E-state index < -0.39 is 39.1 Å². The van der Waals surface area contributed by atoms with Gasteiger partial charge in [0.2, 0.25) is 5.91 Å². The van der Waals surface area contributed by atoms with Crippen LogP contribution in [-0.2, 0) is 24.2 Å². The van der Waals surface area contributed by atoms with Crippen LogP contribution in [0.3, 0.4) is 0 Å². The van der Waals surface area contributed by atoms with Crippen LogP contribution in [-0.4, -0.2) is 44.9 Å². The molecule has 1 aromatic carbocycles. The molecule has 1 heterocycles. The number of esters is 1. The summed E-state index contributed by atoms with van der Waals surface area (Å²) in [7, 11) is -3.64. The molecule has 2 N–H and O–H groups in total. The number of hydrogen-bond donors (Lipinski definition) is 2. The first-order chi connectivity index (χ1) is 12.0. The van der Waals surface area contributed by atoms with E-state index in [1.54, 1.807) is 12.1 Å². The molecule has 1 aliphatic heterocycles. The molecular formula is C18H26N2O5S. The van der Waals surface area contributed by atoms with Crippen molar-refractivity contribution in [2.45, 2.75) is 51.1 Å². The van der Waals surface area contributed by atoms with Crippen molar-refractivity contribution >= 4 is 21.7 Å². The Bertz CT molecular complexity index is 766. The number of cyclic esters (lactones) is 1. The summed E-state index contributed by atoms with van der Waals surface area (Å²) in [6.45, 7) is 7.72. The molecule has 7 nitrogen and oxygen atoms in total. The maximum atomic E-state index is 12.6. The number of sulfone groups is 1. The zero-order valence-corrected chi connectivity index (χ0v) is 16.4. The number of nitrogens with one attached hydrogen (secondary N) is 2. The highest BCUT2D eigenvalue weighted by atomic mass is 32.2. The second kappa shape index (κ2) is 7.75. The number of carbonyl (C=O) groups excluding carboxylic acids is 2. The predicted octanol–water partition coefficient (Wildman–Crippen LogP) is 1.16. The lowest BCUT2D eigenvalue weighted by molar-refractivity contribution is -0.140. The van der Waals surface area contributed by atoms with Gasteiger partial charge in [0.1, 0.15) is 11.9 Å². The van der Waals surface area contributed by atoms with Crippen molar-refractivity contribution in [3.63, 3.8) is 0 Å². The van der Waals surface area contributed by atoms with E-state index in [4.69, 9.17) is 4.74 Å². The quantitative estimate of drug-likeness (QED) is 0.716. The molecule has 0 aromatic heterocycles. The summed E-state index contributed by atoms with van der Waals surface area (Å²) in [5, 5.41) is 5.50. The molecule has 1 fully saturated rings. The third kappa shape index (κ3) is 5.04. The highest BCUT2D eigenvalue weighted by Gasteiger charge is 2.37. The average molecular weight is 382 g/mol. The Morgan fingerprint density at radius 3 is 2.38 bits per heavy atom. The lowest BCUT2D eigenvalue weighted by atomic mass is 9.85. The molecule has 1 saturated heterocycles. The fourth-order valence-electron chi connectivity index (χ4n) is 2.66. The van der Waals surface area contributed by atoms with Gasteiger partial charge in [-0.15, -0.1) is 0 Å². The average Bonchev–Trinajstić information content (AvgIpc) is 2.95. The third-order valence-corrected chi connectivity index (χ3v) is 5.76. The number of carbonyl (C=O) groups is 2. The number of aryl methyl sites for hydroxylation is 1. The highest BCUT2D eigenvalue weighted by Crippen LogP contribution is 2.22. The minimum atomic E-state index is -3.64. The van der Waals surface area contributed by atoms with Crippen molar-refractivity contribution in [3.8, 4) is 0 Å². The molecule has 0 aliphatic carbocycles. The lowest BCUT2D eigenvalue weighted by Gasteiger charge is -2.31. The molecule has 0 unspecified atom stereocenters. The van der Waals surface area contributed by atoms with Crippen molar-refractivity contribution < 1.29 is 22.7 Å². The summed E-state index contributed by atoms with van der Waals surface area (Å²) >= 11 is 0. The van der Waals surface area contributed by atoms with Gasteiger partial charge >= 0.3 is 5.97 Å². The van der Waals surface area contributed by atoms with Crippen LogP contribution in [0.4, 0.5) is 0 Å². The van der Waals surface area contributed by atoms with E-state index in [0.29, 0.717) is 13.0 Å². The Morgan fingerprint density at radius 2 is 1.88 bits per heavy atom. The van der Waals surface area contributed by atoms with E-state index in [1.165, 1.54) is 12.1 Å². The molecule has 26 heavy (non-hydrogen) atoms. The van der Waals surface area contributed by atoms with Crippen LogP contribution in [0, 0.1) is 12.3 Å². The molecule has 8 heteroatoms. The fraction of sp³-hybridized carbons (Fsp3) is 0.556. The summed E-state index contributed by atoms with van der Waals surface area (Å²) in [6, 6.07) is 5.17. The Hall–Kier alpha value is -1.93. The molecule has 144 valence electrons. The van der Waals surface area contributed by atoms with Gasteiger partial charge in [-0.1, -0.05) is 38.5 Å². The van der Waals surface area contributed by atoms with Gasteiger partial charge in [0.25, 0.3) is 0 Å². The maximum Gasteiger partial charge on any atom is 0.323 e. The second-order valence-electron chi connectivity index (χ2n) is 7.59. The van der Waals surface area contributed by atoms with Gasteiger partial charge in [-0.2, -0.15) is 0 Å². The molecule has 2 rings (SSSR count). The van der Waals surface area contributed by atoms with Gasteiger partial charge in [0.15, 0.2) is 9.84 Å². The van der Waals surface area contributed by atoms with Crippen LogP contribution >= 0.6 is 0 Å². The molecule has 1 aliphatic rings. The van der Waals surface area contributed by atoms with E-state index >= 15 is 0 Å². The predicted molar refractivity (Wildman–Crippen MR) is 97.1 cm³/mol. The van der Waals surface area contributed by atoms with Gasteiger partial charge in [-0.25, -0.2) is 8.42 Å². The number of ether oxygens (including phenoxy) is 1. The van der Waals surface area contributed by atoms with E-state index in [2.05, 4.69) is 10.6 Å². The van der Waals surface area contributed by atoms with Crippen LogP contribution in [0.25, 0.3) is 0 Å². The fourth-order valence-corrected chi connectivity index (χ4v) is 3.71. The Morgan fingerprint density at radius 1 is 1.27 bits per heavy atom. The molecule has 0 saturated carbocycles. The molecular weight excluding hydrogens is 356 g/mol. The van der Waals surface area contributed by atoms with E-state index in [0.717, 1.165) is 5.56 Å². The summed E-state index contributed by atoms with van der Waals surface area (Å²) in [6.07, 6.45) is 0.486. The number of benzene rings is 1. The van der Waals surface area contributed by atoms with Gasteiger partial charge in [0.05, 0.1) is 17.5 Å². The van der Waals surface area contributed by atoms with Crippen LogP contribution in [0.2, 0.25) is 0 Å². The smallest absolute Gasteiger partial charge is 0.323 e. The largest absolute Gasteiger partial charge is 0.464 e. The molecule has 0 spiro atoms. The summed E-state index contributed by atoms with van der Waals surface area (Å²) in [4.78, 5) is 24.5. The van der Waals surface area contributed by atoms with Crippen molar-refractivity contribution in [3.05, 3.63) is 29.8 Å². The van der Waals surface area contributed by atoms with Crippen LogP contribution < -0.4 is 10.6 Å². The normalized spacial score (nSPS) is 19.1. The monoisotopic (exact) mass is 382 g/mol. The summed E-state index contributed by atoms with van der Waals surface area (Å²) in [5.41, 5.74) is 0.439.